The number of anilines is 2. The fourth-order valence-corrected chi connectivity index (χ4v) is 2.03. The maximum absolute atomic E-state index is 5.72. The van der Waals surface area contributed by atoms with Crippen LogP contribution < -0.4 is 11.1 Å². The molecule has 18 heavy (non-hydrogen) atoms. The van der Waals surface area contributed by atoms with Crippen molar-refractivity contribution in [1.82, 2.24) is 9.97 Å². The zero-order valence-corrected chi connectivity index (χ0v) is 11.3. The smallest absolute Gasteiger partial charge is 0.191 e. The topological polar surface area (TPSA) is 63.8 Å². The highest BCUT2D eigenvalue weighted by atomic mass is 32.2. The van der Waals surface area contributed by atoms with E-state index in [-0.39, 0.29) is 0 Å². The second kappa shape index (κ2) is 5.73. The van der Waals surface area contributed by atoms with Crippen molar-refractivity contribution in [2.75, 3.05) is 17.3 Å². The third-order valence-corrected chi connectivity index (χ3v) is 3.01. The van der Waals surface area contributed by atoms with Crippen LogP contribution in [0.5, 0.6) is 0 Å². The quantitative estimate of drug-likeness (QED) is 0.653. The van der Waals surface area contributed by atoms with Gasteiger partial charge in [-0.2, -0.15) is 0 Å². The summed E-state index contributed by atoms with van der Waals surface area (Å²) in [5.41, 5.74) is 8.20. The van der Waals surface area contributed by atoms with Gasteiger partial charge in [-0.25, -0.2) is 9.97 Å². The maximum Gasteiger partial charge on any atom is 0.191 e. The van der Waals surface area contributed by atoms with E-state index in [0.717, 1.165) is 12.4 Å². The summed E-state index contributed by atoms with van der Waals surface area (Å²) < 4.78 is 0. The van der Waals surface area contributed by atoms with E-state index in [0.29, 0.717) is 11.0 Å². The first-order valence-electron chi connectivity index (χ1n) is 5.65. The van der Waals surface area contributed by atoms with Crippen LogP contribution in [0.25, 0.3) is 0 Å². The summed E-state index contributed by atoms with van der Waals surface area (Å²) in [6, 6.07) is 10.1. The molecule has 0 fully saturated rings. The molecule has 4 nitrogen and oxygen atoms in total. The van der Waals surface area contributed by atoms with Crippen molar-refractivity contribution in [2.45, 2.75) is 18.6 Å². The number of hydrogen-bond acceptors (Lipinski definition) is 5. The fourth-order valence-electron chi connectivity index (χ4n) is 1.64. The van der Waals surface area contributed by atoms with Gasteiger partial charge < -0.3 is 11.1 Å². The molecule has 0 amide bonds. The van der Waals surface area contributed by atoms with E-state index in [9.17, 15) is 0 Å². The number of nitrogen functional groups attached to an aromatic ring is 1. The summed E-state index contributed by atoms with van der Waals surface area (Å²) in [5.74, 6) is 1.24. The van der Waals surface area contributed by atoms with E-state index in [1.807, 2.05) is 12.3 Å². The summed E-state index contributed by atoms with van der Waals surface area (Å²) in [4.78, 5) is 8.46. The van der Waals surface area contributed by atoms with Gasteiger partial charge in [0.2, 0.25) is 0 Å². The largest absolute Gasteiger partial charge is 0.383 e. The normalized spacial score (nSPS) is 10.3. The van der Waals surface area contributed by atoms with Crippen LogP contribution in [0.15, 0.2) is 35.5 Å². The van der Waals surface area contributed by atoms with Crippen LogP contribution in [-0.4, -0.2) is 16.2 Å². The van der Waals surface area contributed by atoms with Crippen molar-refractivity contribution >= 4 is 23.4 Å². The zero-order chi connectivity index (χ0) is 13.0. The number of rotatable bonds is 4. The second-order valence-electron chi connectivity index (χ2n) is 4.01. The van der Waals surface area contributed by atoms with Crippen LogP contribution >= 0.6 is 11.8 Å². The molecule has 0 radical (unpaired) electrons. The summed E-state index contributed by atoms with van der Waals surface area (Å²) in [6.07, 6.45) is 1.93. The van der Waals surface area contributed by atoms with Crippen molar-refractivity contribution in [3.05, 3.63) is 41.5 Å². The Bertz CT molecular complexity index is 542. The van der Waals surface area contributed by atoms with Crippen LogP contribution in [0.2, 0.25) is 0 Å². The molecular weight excluding hydrogens is 244 g/mol. The third kappa shape index (κ3) is 3.37. The Morgan fingerprint density at radius 3 is 2.83 bits per heavy atom. The first-order valence-corrected chi connectivity index (χ1v) is 6.88. The van der Waals surface area contributed by atoms with E-state index in [4.69, 9.17) is 5.73 Å². The van der Waals surface area contributed by atoms with Gasteiger partial charge in [-0.05, 0) is 18.7 Å². The lowest BCUT2D eigenvalue weighted by Crippen LogP contribution is -2.04. The van der Waals surface area contributed by atoms with E-state index in [2.05, 4.69) is 40.4 Å². The highest BCUT2D eigenvalue weighted by molar-refractivity contribution is 7.98. The van der Waals surface area contributed by atoms with Gasteiger partial charge in [0.15, 0.2) is 5.16 Å². The van der Waals surface area contributed by atoms with E-state index in [1.54, 1.807) is 6.07 Å². The highest BCUT2D eigenvalue weighted by Crippen LogP contribution is 2.16. The van der Waals surface area contributed by atoms with Crippen LogP contribution in [-0.2, 0) is 6.54 Å². The summed E-state index contributed by atoms with van der Waals surface area (Å²) in [7, 11) is 0. The van der Waals surface area contributed by atoms with Crippen molar-refractivity contribution < 1.29 is 0 Å². The van der Waals surface area contributed by atoms with Gasteiger partial charge in [0, 0.05) is 12.6 Å². The molecule has 0 atom stereocenters. The predicted octanol–water partition coefficient (Wildman–Crippen LogP) is 2.70. The number of aryl methyl sites for hydroxylation is 1. The predicted molar refractivity (Wildman–Crippen MR) is 76.7 cm³/mol. The lowest BCUT2D eigenvalue weighted by Gasteiger charge is -2.08. The van der Waals surface area contributed by atoms with Gasteiger partial charge in [-0.15, -0.1) is 0 Å². The number of nitrogens with one attached hydrogen (secondary N) is 1. The molecule has 2 rings (SSSR count). The minimum Gasteiger partial charge on any atom is -0.383 e. The SMILES string of the molecule is CSc1nc(N)cc(NCc2cccc(C)c2)n1. The average molecular weight is 260 g/mol. The van der Waals surface area contributed by atoms with Gasteiger partial charge in [-0.3, -0.25) is 0 Å². The van der Waals surface area contributed by atoms with Crippen molar-refractivity contribution in [3.63, 3.8) is 0 Å². The van der Waals surface area contributed by atoms with Crippen LogP contribution in [0, 0.1) is 6.92 Å². The molecule has 0 saturated carbocycles. The second-order valence-corrected chi connectivity index (χ2v) is 4.78. The Morgan fingerprint density at radius 1 is 1.28 bits per heavy atom. The zero-order valence-electron chi connectivity index (χ0n) is 10.5. The summed E-state index contributed by atoms with van der Waals surface area (Å²) >= 11 is 1.48. The van der Waals surface area contributed by atoms with Crippen LogP contribution in [0.4, 0.5) is 11.6 Å². The van der Waals surface area contributed by atoms with Crippen LogP contribution in [0.3, 0.4) is 0 Å². The number of thioether (sulfide) groups is 1. The number of benzene rings is 1. The molecule has 0 aliphatic carbocycles. The Hall–Kier alpha value is -1.75. The Kier molecular flexibility index (Phi) is 4.04. The molecule has 0 saturated heterocycles. The molecule has 1 aromatic heterocycles. The van der Waals surface area contributed by atoms with Gasteiger partial charge in [0.25, 0.3) is 0 Å². The number of aromatic nitrogens is 2. The van der Waals surface area contributed by atoms with E-state index >= 15 is 0 Å². The van der Waals surface area contributed by atoms with Crippen molar-refractivity contribution in [2.24, 2.45) is 0 Å². The molecule has 0 spiro atoms. The molecule has 3 N–H and O–H groups in total. The Labute approximate surface area is 111 Å². The molecular formula is C13H16N4S. The first kappa shape index (κ1) is 12.7. The van der Waals surface area contributed by atoms with Crippen molar-refractivity contribution in [3.8, 4) is 0 Å². The molecule has 0 aliphatic heterocycles. The van der Waals surface area contributed by atoms with Gasteiger partial charge >= 0.3 is 0 Å². The Balaban J connectivity index is 2.08. The summed E-state index contributed by atoms with van der Waals surface area (Å²) in [6.45, 7) is 2.81. The number of hydrogen-bond donors (Lipinski definition) is 2. The summed E-state index contributed by atoms with van der Waals surface area (Å²) in [5, 5.41) is 3.94. The van der Waals surface area contributed by atoms with Gasteiger partial charge in [-0.1, -0.05) is 41.6 Å². The first-order chi connectivity index (χ1) is 8.67. The molecule has 0 aliphatic rings. The molecule has 0 unspecified atom stereocenters. The Morgan fingerprint density at radius 2 is 2.11 bits per heavy atom. The average Bonchev–Trinajstić information content (AvgIpc) is 2.36. The maximum atomic E-state index is 5.72. The lowest BCUT2D eigenvalue weighted by atomic mass is 10.1. The molecule has 0 bridgehead atoms. The minimum atomic E-state index is 0.487. The van der Waals surface area contributed by atoms with Crippen molar-refractivity contribution in [1.29, 1.82) is 0 Å². The molecule has 94 valence electrons. The standard InChI is InChI=1S/C13H16N4S/c1-9-4-3-5-10(6-9)8-15-12-7-11(14)16-13(17-12)18-2/h3-7H,8H2,1-2H3,(H3,14,15,16,17). The monoisotopic (exact) mass is 260 g/mol. The van der Waals surface area contributed by atoms with Gasteiger partial charge in [0.05, 0.1) is 0 Å². The number of nitrogens with zero attached hydrogens (tertiary/aromatic N) is 2. The fraction of sp³-hybridized carbons (Fsp3) is 0.231. The van der Waals surface area contributed by atoms with Gasteiger partial charge in [0.1, 0.15) is 11.6 Å². The highest BCUT2D eigenvalue weighted by Gasteiger charge is 2.01. The van der Waals surface area contributed by atoms with E-state index in [1.165, 1.54) is 22.9 Å². The minimum absolute atomic E-state index is 0.487. The molecule has 1 aromatic carbocycles. The third-order valence-electron chi connectivity index (χ3n) is 2.46. The molecule has 2 aromatic rings. The lowest BCUT2D eigenvalue weighted by molar-refractivity contribution is 0.963. The number of nitrogens with two attached hydrogens (primary N) is 1. The van der Waals surface area contributed by atoms with Crippen LogP contribution in [0.1, 0.15) is 11.1 Å². The molecule has 5 heteroatoms. The van der Waals surface area contributed by atoms with E-state index < -0.39 is 0 Å². The molecule has 1 heterocycles.